The van der Waals surface area contributed by atoms with E-state index in [0.29, 0.717) is 15.8 Å². The number of rotatable bonds is 3. The Morgan fingerprint density at radius 1 is 1.11 bits per heavy atom. The van der Waals surface area contributed by atoms with E-state index in [9.17, 15) is 4.79 Å². The maximum absolute atomic E-state index is 12.1. The van der Waals surface area contributed by atoms with E-state index in [-0.39, 0.29) is 5.97 Å². The van der Waals surface area contributed by atoms with E-state index in [1.165, 1.54) is 5.56 Å². The number of hydrogen-bond donors (Lipinski definition) is 0. The molecule has 0 heterocycles. The van der Waals surface area contributed by atoms with Gasteiger partial charge >= 0.3 is 5.97 Å². The molecule has 0 saturated heterocycles. The fourth-order valence-electron chi connectivity index (χ4n) is 1.61. The van der Waals surface area contributed by atoms with E-state index >= 15 is 0 Å². The van der Waals surface area contributed by atoms with Gasteiger partial charge in [-0.15, -0.1) is 0 Å². The van der Waals surface area contributed by atoms with Crippen LogP contribution in [0.25, 0.3) is 0 Å². The minimum atomic E-state index is -0.377. The van der Waals surface area contributed by atoms with Crippen LogP contribution >= 0.6 is 31.9 Å². The Morgan fingerprint density at radius 3 is 2.42 bits per heavy atom. The third kappa shape index (κ3) is 3.67. The molecule has 0 fully saturated rings. The third-order valence-corrected chi connectivity index (χ3v) is 3.88. The highest BCUT2D eigenvalue weighted by Crippen LogP contribution is 2.23. The monoisotopic (exact) mass is 382 g/mol. The highest BCUT2D eigenvalue weighted by atomic mass is 79.9. The topological polar surface area (TPSA) is 26.3 Å². The standard InChI is InChI=1S/C15H12Br2O2/c1-2-10-3-6-12(7-4-10)19-15(18)13-9-11(16)5-8-14(13)17/h3-9H,2H2,1H3. The number of aryl methyl sites for hydroxylation is 1. The summed E-state index contributed by atoms with van der Waals surface area (Å²) in [6.45, 7) is 2.08. The maximum Gasteiger partial charge on any atom is 0.344 e. The predicted octanol–water partition coefficient (Wildman–Crippen LogP) is 4.99. The number of carbonyl (C=O) groups excluding carboxylic acids is 1. The van der Waals surface area contributed by atoms with Crippen LogP contribution < -0.4 is 4.74 Å². The molecule has 0 aliphatic rings. The van der Waals surface area contributed by atoms with Crippen molar-refractivity contribution < 1.29 is 9.53 Å². The molecule has 4 heteroatoms. The third-order valence-electron chi connectivity index (χ3n) is 2.69. The average Bonchev–Trinajstić information content (AvgIpc) is 2.42. The Bertz CT molecular complexity index is 592. The summed E-state index contributed by atoms with van der Waals surface area (Å²) >= 11 is 6.69. The smallest absolute Gasteiger partial charge is 0.344 e. The van der Waals surface area contributed by atoms with Crippen molar-refractivity contribution in [3.05, 3.63) is 62.5 Å². The van der Waals surface area contributed by atoms with Crippen LogP contribution in [0.1, 0.15) is 22.8 Å². The molecule has 0 N–H and O–H groups in total. The summed E-state index contributed by atoms with van der Waals surface area (Å²) in [5, 5.41) is 0. The lowest BCUT2D eigenvalue weighted by Gasteiger charge is -2.07. The van der Waals surface area contributed by atoms with Crippen molar-refractivity contribution in [2.24, 2.45) is 0 Å². The van der Waals surface area contributed by atoms with Crippen molar-refractivity contribution in [2.45, 2.75) is 13.3 Å². The highest BCUT2D eigenvalue weighted by Gasteiger charge is 2.13. The van der Waals surface area contributed by atoms with Gasteiger partial charge < -0.3 is 4.74 Å². The first-order chi connectivity index (χ1) is 9.10. The van der Waals surface area contributed by atoms with Crippen molar-refractivity contribution in [3.8, 4) is 5.75 Å². The fourth-order valence-corrected chi connectivity index (χ4v) is 2.38. The van der Waals surface area contributed by atoms with Gasteiger partial charge in [0.1, 0.15) is 5.75 Å². The molecule has 2 aromatic rings. The first kappa shape index (κ1) is 14.3. The number of halogens is 2. The second-order valence-corrected chi connectivity index (χ2v) is 5.78. The second-order valence-electron chi connectivity index (χ2n) is 4.01. The van der Waals surface area contributed by atoms with Gasteiger partial charge in [0.25, 0.3) is 0 Å². The van der Waals surface area contributed by atoms with Crippen molar-refractivity contribution in [3.63, 3.8) is 0 Å². The van der Waals surface area contributed by atoms with E-state index in [4.69, 9.17) is 4.74 Å². The molecule has 0 amide bonds. The van der Waals surface area contributed by atoms with Crippen LogP contribution in [-0.2, 0) is 6.42 Å². The zero-order chi connectivity index (χ0) is 13.8. The Hall–Kier alpha value is -1.13. The van der Waals surface area contributed by atoms with E-state index in [2.05, 4.69) is 38.8 Å². The Labute approximate surface area is 129 Å². The Morgan fingerprint density at radius 2 is 1.79 bits per heavy atom. The van der Waals surface area contributed by atoms with Crippen molar-refractivity contribution in [2.75, 3.05) is 0 Å². The van der Waals surface area contributed by atoms with Gasteiger partial charge in [-0.3, -0.25) is 0 Å². The molecule has 2 rings (SSSR count). The SMILES string of the molecule is CCc1ccc(OC(=O)c2cc(Br)ccc2Br)cc1. The Balaban J connectivity index is 2.18. The van der Waals surface area contributed by atoms with Crippen LogP contribution in [0.3, 0.4) is 0 Å². The zero-order valence-corrected chi connectivity index (χ0v) is 13.5. The molecule has 0 radical (unpaired) electrons. The molecule has 0 atom stereocenters. The number of ether oxygens (including phenoxy) is 1. The molecule has 0 aliphatic heterocycles. The second kappa shape index (κ2) is 6.35. The summed E-state index contributed by atoms with van der Waals surface area (Å²) in [7, 11) is 0. The van der Waals surface area contributed by atoms with E-state index in [1.54, 1.807) is 12.1 Å². The molecule has 98 valence electrons. The number of hydrogen-bond acceptors (Lipinski definition) is 2. The van der Waals surface area contributed by atoms with Crippen LogP contribution in [0, 0.1) is 0 Å². The number of carbonyl (C=O) groups is 1. The molecule has 0 spiro atoms. The van der Waals surface area contributed by atoms with Crippen molar-refractivity contribution >= 4 is 37.8 Å². The maximum atomic E-state index is 12.1. The molecule has 0 aliphatic carbocycles. The van der Waals surface area contributed by atoms with Gasteiger partial charge in [0.2, 0.25) is 0 Å². The van der Waals surface area contributed by atoms with E-state index in [1.807, 2.05) is 30.3 Å². The van der Waals surface area contributed by atoms with Gasteiger partial charge in [-0.05, 0) is 58.2 Å². The normalized spacial score (nSPS) is 10.3. The van der Waals surface area contributed by atoms with Gasteiger partial charge in [0.15, 0.2) is 0 Å². The van der Waals surface area contributed by atoms with Crippen molar-refractivity contribution in [1.29, 1.82) is 0 Å². The minimum absolute atomic E-state index is 0.377. The summed E-state index contributed by atoms with van der Waals surface area (Å²) < 4.78 is 6.90. The largest absolute Gasteiger partial charge is 0.423 e. The van der Waals surface area contributed by atoms with E-state index in [0.717, 1.165) is 10.9 Å². The lowest BCUT2D eigenvalue weighted by molar-refractivity contribution is 0.0733. The summed E-state index contributed by atoms with van der Waals surface area (Å²) in [5.41, 5.74) is 1.71. The van der Waals surface area contributed by atoms with Gasteiger partial charge in [-0.1, -0.05) is 35.0 Å². The van der Waals surface area contributed by atoms with E-state index < -0.39 is 0 Å². The molecule has 0 aromatic heterocycles. The minimum Gasteiger partial charge on any atom is -0.423 e. The van der Waals surface area contributed by atoms with Crippen molar-refractivity contribution in [1.82, 2.24) is 0 Å². The average molecular weight is 384 g/mol. The molecule has 2 aromatic carbocycles. The zero-order valence-electron chi connectivity index (χ0n) is 10.3. The molecule has 2 nitrogen and oxygen atoms in total. The first-order valence-corrected chi connectivity index (χ1v) is 7.45. The van der Waals surface area contributed by atoms with Crippen LogP contribution in [-0.4, -0.2) is 5.97 Å². The molecule has 0 bridgehead atoms. The fraction of sp³-hybridized carbons (Fsp3) is 0.133. The summed E-state index contributed by atoms with van der Waals surface area (Å²) in [6.07, 6.45) is 0.964. The summed E-state index contributed by atoms with van der Waals surface area (Å²) in [6, 6.07) is 12.9. The number of esters is 1. The molecular formula is C15H12Br2O2. The predicted molar refractivity (Wildman–Crippen MR) is 82.6 cm³/mol. The quantitative estimate of drug-likeness (QED) is 0.551. The lowest BCUT2D eigenvalue weighted by Crippen LogP contribution is -2.09. The molecule has 19 heavy (non-hydrogen) atoms. The number of benzene rings is 2. The summed E-state index contributed by atoms with van der Waals surface area (Å²) in [4.78, 5) is 12.1. The summed E-state index contributed by atoms with van der Waals surface area (Å²) in [5.74, 6) is 0.173. The highest BCUT2D eigenvalue weighted by molar-refractivity contribution is 9.11. The molecule has 0 saturated carbocycles. The van der Waals surface area contributed by atoms with Crippen LogP contribution in [0.2, 0.25) is 0 Å². The molecular weight excluding hydrogens is 372 g/mol. The van der Waals surface area contributed by atoms with Gasteiger partial charge in [0, 0.05) is 8.95 Å². The van der Waals surface area contributed by atoms with Crippen LogP contribution in [0.15, 0.2) is 51.4 Å². The van der Waals surface area contributed by atoms with Crippen LogP contribution in [0.4, 0.5) is 0 Å². The Kier molecular flexibility index (Phi) is 4.77. The van der Waals surface area contributed by atoms with Gasteiger partial charge in [-0.2, -0.15) is 0 Å². The first-order valence-electron chi connectivity index (χ1n) is 5.86. The molecule has 0 unspecified atom stereocenters. The van der Waals surface area contributed by atoms with Gasteiger partial charge in [-0.25, -0.2) is 4.79 Å². The van der Waals surface area contributed by atoms with Gasteiger partial charge in [0.05, 0.1) is 5.56 Å². The van der Waals surface area contributed by atoms with Crippen LogP contribution in [0.5, 0.6) is 5.75 Å². The lowest BCUT2D eigenvalue weighted by atomic mass is 10.2.